The van der Waals surface area contributed by atoms with Gasteiger partial charge >= 0.3 is 5.97 Å². The standard InChI is InChI=1S/C12H16FNO3/c1-16-12(15)8-11(14)9-3-2-4-10(7-9)17-6-5-13/h2-4,7,11H,5-6,8,14H2,1H3/t11-/m0/s1. The van der Waals surface area contributed by atoms with Crippen LogP contribution in [-0.4, -0.2) is 26.4 Å². The molecule has 1 aromatic rings. The molecule has 0 aliphatic rings. The molecule has 0 bridgehead atoms. The van der Waals surface area contributed by atoms with E-state index in [-0.39, 0.29) is 19.0 Å². The fourth-order valence-electron chi connectivity index (χ4n) is 1.37. The molecule has 4 nitrogen and oxygen atoms in total. The lowest BCUT2D eigenvalue weighted by molar-refractivity contribution is -0.141. The summed E-state index contributed by atoms with van der Waals surface area (Å²) in [5, 5.41) is 0. The number of carbonyl (C=O) groups excluding carboxylic acids is 1. The van der Waals surface area contributed by atoms with Gasteiger partial charge in [-0.2, -0.15) is 0 Å². The Morgan fingerprint density at radius 2 is 2.29 bits per heavy atom. The second-order valence-corrected chi connectivity index (χ2v) is 3.50. The molecular weight excluding hydrogens is 225 g/mol. The van der Waals surface area contributed by atoms with Crippen molar-refractivity contribution in [1.29, 1.82) is 0 Å². The Labute approximate surface area is 99.5 Å². The van der Waals surface area contributed by atoms with Crippen LogP contribution in [0.4, 0.5) is 4.39 Å². The minimum absolute atomic E-state index is 0.00962. The Morgan fingerprint density at radius 1 is 1.53 bits per heavy atom. The number of esters is 1. The first-order valence-corrected chi connectivity index (χ1v) is 5.28. The molecule has 1 atom stereocenters. The first-order valence-electron chi connectivity index (χ1n) is 5.28. The Bertz CT molecular complexity index is 371. The van der Waals surface area contributed by atoms with E-state index in [1.807, 2.05) is 0 Å². The molecule has 5 heteroatoms. The zero-order valence-corrected chi connectivity index (χ0v) is 9.69. The van der Waals surface area contributed by atoms with Crippen LogP contribution in [0.25, 0.3) is 0 Å². The van der Waals surface area contributed by atoms with Gasteiger partial charge in [-0.25, -0.2) is 4.39 Å². The van der Waals surface area contributed by atoms with Crippen molar-refractivity contribution in [3.63, 3.8) is 0 Å². The van der Waals surface area contributed by atoms with E-state index in [4.69, 9.17) is 10.5 Å². The van der Waals surface area contributed by atoms with Gasteiger partial charge in [0.05, 0.1) is 13.5 Å². The Balaban J connectivity index is 2.66. The van der Waals surface area contributed by atoms with Crippen molar-refractivity contribution < 1.29 is 18.7 Å². The number of benzene rings is 1. The molecule has 1 rings (SSSR count). The molecule has 0 saturated heterocycles. The zero-order chi connectivity index (χ0) is 12.7. The molecule has 94 valence electrons. The van der Waals surface area contributed by atoms with Crippen LogP contribution >= 0.6 is 0 Å². The van der Waals surface area contributed by atoms with E-state index in [2.05, 4.69) is 4.74 Å². The van der Waals surface area contributed by atoms with Crippen molar-refractivity contribution in [3.05, 3.63) is 29.8 Å². The molecule has 0 fully saturated rings. The summed E-state index contributed by atoms with van der Waals surface area (Å²) in [6.07, 6.45) is 0.100. The van der Waals surface area contributed by atoms with Crippen molar-refractivity contribution in [3.8, 4) is 5.75 Å². The van der Waals surface area contributed by atoms with E-state index in [1.165, 1.54) is 7.11 Å². The monoisotopic (exact) mass is 241 g/mol. The summed E-state index contributed by atoms with van der Waals surface area (Å²) in [5.74, 6) is 0.174. The molecule has 0 saturated carbocycles. The van der Waals surface area contributed by atoms with Gasteiger partial charge in [0.1, 0.15) is 19.0 Å². The van der Waals surface area contributed by atoms with Gasteiger partial charge in [0.2, 0.25) is 0 Å². The highest BCUT2D eigenvalue weighted by atomic mass is 19.1. The fourth-order valence-corrected chi connectivity index (χ4v) is 1.37. The summed E-state index contributed by atoms with van der Waals surface area (Å²) in [6, 6.07) is 6.50. The van der Waals surface area contributed by atoms with E-state index in [0.29, 0.717) is 5.75 Å². The van der Waals surface area contributed by atoms with Crippen molar-refractivity contribution in [2.75, 3.05) is 20.4 Å². The summed E-state index contributed by atoms with van der Waals surface area (Å²) >= 11 is 0. The maximum absolute atomic E-state index is 11.9. The highest BCUT2D eigenvalue weighted by molar-refractivity contribution is 5.70. The second kappa shape index (κ2) is 6.85. The highest BCUT2D eigenvalue weighted by Crippen LogP contribution is 2.20. The molecule has 0 aliphatic heterocycles. The van der Waals surface area contributed by atoms with Gasteiger partial charge in [-0.05, 0) is 17.7 Å². The number of hydrogen-bond acceptors (Lipinski definition) is 4. The molecule has 0 spiro atoms. The number of rotatable bonds is 6. The predicted octanol–water partition coefficient (Wildman–Crippen LogP) is 1.60. The lowest BCUT2D eigenvalue weighted by atomic mass is 10.0. The summed E-state index contributed by atoms with van der Waals surface area (Å²) < 4.78 is 21.6. The van der Waals surface area contributed by atoms with E-state index in [9.17, 15) is 9.18 Å². The van der Waals surface area contributed by atoms with Crippen LogP contribution in [0.15, 0.2) is 24.3 Å². The molecule has 0 amide bonds. The van der Waals surface area contributed by atoms with Gasteiger partial charge in [-0.3, -0.25) is 4.79 Å². The molecular formula is C12H16FNO3. The quantitative estimate of drug-likeness (QED) is 0.768. The third kappa shape index (κ3) is 4.40. The molecule has 17 heavy (non-hydrogen) atoms. The third-order valence-corrected chi connectivity index (χ3v) is 2.25. The Hall–Kier alpha value is -1.62. The SMILES string of the molecule is COC(=O)C[C@H](N)c1cccc(OCCF)c1. The average molecular weight is 241 g/mol. The first-order chi connectivity index (χ1) is 8.17. The van der Waals surface area contributed by atoms with Gasteiger partial charge in [-0.1, -0.05) is 12.1 Å². The fraction of sp³-hybridized carbons (Fsp3) is 0.417. The zero-order valence-electron chi connectivity index (χ0n) is 9.69. The van der Waals surface area contributed by atoms with Crippen LogP contribution < -0.4 is 10.5 Å². The maximum atomic E-state index is 11.9. The summed E-state index contributed by atoms with van der Waals surface area (Å²) in [5.41, 5.74) is 6.59. The highest BCUT2D eigenvalue weighted by Gasteiger charge is 2.12. The average Bonchev–Trinajstić information content (AvgIpc) is 2.36. The van der Waals surface area contributed by atoms with Crippen molar-refractivity contribution in [2.24, 2.45) is 5.73 Å². The van der Waals surface area contributed by atoms with Gasteiger partial charge in [0, 0.05) is 6.04 Å². The van der Waals surface area contributed by atoms with Crippen molar-refractivity contribution in [2.45, 2.75) is 12.5 Å². The van der Waals surface area contributed by atoms with E-state index < -0.39 is 12.7 Å². The summed E-state index contributed by atoms with van der Waals surface area (Å²) in [4.78, 5) is 11.1. The predicted molar refractivity (Wildman–Crippen MR) is 61.5 cm³/mol. The molecule has 0 unspecified atom stereocenters. The molecule has 1 aromatic carbocycles. The summed E-state index contributed by atoms with van der Waals surface area (Å²) in [6.45, 7) is -0.534. The third-order valence-electron chi connectivity index (χ3n) is 2.25. The number of carbonyl (C=O) groups is 1. The largest absolute Gasteiger partial charge is 0.491 e. The first kappa shape index (κ1) is 13.4. The summed E-state index contributed by atoms with van der Waals surface area (Å²) in [7, 11) is 1.32. The minimum atomic E-state index is -0.543. The van der Waals surface area contributed by atoms with Crippen LogP contribution in [0, 0.1) is 0 Å². The number of methoxy groups -OCH3 is 1. The maximum Gasteiger partial charge on any atom is 0.307 e. The van der Waals surface area contributed by atoms with Crippen molar-refractivity contribution >= 4 is 5.97 Å². The van der Waals surface area contributed by atoms with Crippen LogP contribution in [0.5, 0.6) is 5.75 Å². The number of hydrogen-bond donors (Lipinski definition) is 1. The Kier molecular flexibility index (Phi) is 5.42. The van der Waals surface area contributed by atoms with Gasteiger partial charge < -0.3 is 15.2 Å². The van der Waals surface area contributed by atoms with Crippen molar-refractivity contribution in [1.82, 2.24) is 0 Å². The minimum Gasteiger partial charge on any atom is -0.491 e. The molecule has 0 aromatic heterocycles. The van der Waals surface area contributed by atoms with Gasteiger partial charge in [-0.15, -0.1) is 0 Å². The van der Waals surface area contributed by atoms with Crippen LogP contribution in [0.2, 0.25) is 0 Å². The van der Waals surface area contributed by atoms with Crippen LogP contribution in [0.3, 0.4) is 0 Å². The number of halogens is 1. The molecule has 0 radical (unpaired) electrons. The van der Waals surface area contributed by atoms with Gasteiger partial charge in [0.15, 0.2) is 0 Å². The number of ether oxygens (including phenoxy) is 2. The van der Waals surface area contributed by atoms with Crippen LogP contribution in [-0.2, 0) is 9.53 Å². The smallest absolute Gasteiger partial charge is 0.307 e. The van der Waals surface area contributed by atoms with Gasteiger partial charge in [0.25, 0.3) is 0 Å². The lowest BCUT2D eigenvalue weighted by Gasteiger charge is -2.12. The normalized spacial score (nSPS) is 11.9. The lowest BCUT2D eigenvalue weighted by Crippen LogP contribution is -2.16. The topological polar surface area (TPSA) is 61.5 Å². The Morgan fingerprint density at radius 3 is 2.94 bits per heavy atom. The molecule has 0 heterocycles. The van der Waals surface area contributed by atoms with Crippen LogP contribution in [0.1, 0.15) is 18.0 Å². The van der Waals surface area contributed by atoms with E-state index in [1.54, 1.807) is 24.3 Å². The van der Waals surface area contributed by atoms with E-state index >= 15 is 0 Å². The van der Waals surface area contributed by atoms with E-state index in [0.717, 1.165) is 5.56 Å². The number of nitrogens with two attached hydrogens (primary N) is 1. The molecule has 2 N–H and O–H groups in total. The molecule has 0 aliphatic carbocycles. The number of alkyl halides is 1. The second-order valence-electron chi connectivity index (χ2n) is 3.50.